The summed E-state index contributed by atoms with van der Waals surface area (Å²) < 4.78 is 0. The molecule has 0 aliphatic carbocycles. The Hall–Kier alpha value is 0.797. The summed E-state index contributed by atoms with van der Waals surface area (Å²) in [5.74, 6) is 0. The van der Waals surface area contributed by atoms with E-state index in [4.69, 9.17) is 23.2 Å². The highest BCUT2D eigenvalue weighted by Gasteiger charge is 2.16. The number of alkyl halides is 2. The maximum atomic E-state index is 5.57. The first-order chi connectivity index (χ1) is 3.12. The van der Waals surface area contributed by atoms with E-state index in [0.717, 1.165) is 11.0 Å². The van der Waals surface area contributed by atoms with E-state index in [0.29, 0.717) is 0 Å². The Balaban J connectivity index is 3.36. The van der Waals surface area contributed by atoms with Gasteiger partial charge in [-0.05, 0) is 0 Å². The van der Waals surface area contributed by atoms with Gasteiger partial charge < -0.3 is 0 Å². The number of hydrogen-bond donors (Lipinski definition) is 0. The predicted octanol–water partition coefficient (Wildman–Crippen LogP) is 2.25. The third-order valence-electron chi connectivity index (χ3n) is 0.724. The molecule has 0 aliphatic rings. The first-order valence-corrected chi connectivity index (χ1v) is 6.72. The highest BCUT2D eigenvalue weighted by molar-refractivity contribution is 6.87. The Bertz CT molecular complexity index is 47.7. The van der Waals surface area contributed by atoms with E-state index in [1.165, 1.54) is 0 Å². The Kier molecular flexibility index (Phi) is 3.29. The van der Waals surface area contributed by atoms with Crippen LogP contribution in [0.5, 0.6) is 0 Å². The van der Waals surface area contributed by atoms with Crippen LogP contribution in [0.1, 0.15) is 0 Å². The molecule has 0 spiro atoms. The third-order valence-corrected chi connectivity index (χ3v) is 6.51. The van der Waals surface area contributed by atoms with Gasteiger partial charge in [0.2, 0.25) is 0 Å². The summed E-state index contributed by atoms with van der Waals surface area (Å²) in [6, 6.07) is 0. The summed E-state index contributed by atoms with van der Waals surface area (Å²) in [5.41, 5.74) is 1.55. The molecule has 44 valence electrons. The average molecular weight is 157 g/mol. The molecular formula is C4H10Cl2Si. The Morgan fingerprint density at radius 3 is 1.43 bits per heavy atom. The zero-order chi connectivity index (χ0) is 5.91. The van der Waals surface area contributed by atoms with Crippen molar-refractivity contribution in [2.45, 2.75) is 13.1 Å². The second-order valence-corrected chi connectivity index (χ2v) is 8.90. The maximum Gasteiger partial charge on any atom is 0.0800 e. The lowest BCUT2D eigenvalue weighted by Gasteiger charge is -2.12. The SMILES string of the molecule is C[Si](C)(CCl)CCl. The number of hydrogen-bond acceptors (Lipinski definition) is 0. The first-order valence-electron chi connectivity index (χ1n) is 2.24. The van der Waals surface area contributed by atoms with Crippen LogP contribution in [0, 0.1) is 0 Å². The molecular weight excluding hydrogens is 147 g/mol. The molecule has 0 aromatic rings. The van der Waals surface area contributed by atoms with E-state index in [2.05, 4.69) is 13.1 Å². The molecule has 0 amide bonds. The van der Waals surface area contributed by atoms with Gasteiger partial charge >= 0.3 is 0 Å². The minimum Gasteiger partial charge on any atom is -0.130 e. The van der Waals surface area contributed by atoms with Crippen LogP contribution in [-0.2, 0) is 0 Å². The molecule has 0 aromatic carbocycles. The second-order valence-electron chi connectivity index (χ2n) is 2.43. The van der Waals surface area contributed by atoms with Crippen molar-refractivity contribution < 1.29 is 0 Å². The third kappa shape index (κ3) is 3.39. The van der Waals surface area contributed by atoms with Gasteiger partial charge in [-0.25, -0.2) is 0 Å². The normalized spacial score (nSPS) is 12.0. The van der Waals surface area contributed by atoms with E-state index < -0.39 is 8.07 Å². The van der Waals surface area contributed by atoms with Crippen LogP contribution in [0.2, 0.25) is 13.1 Å². The standard InChI is InChI=1S/C4H10Cl2Si/c1-7(2,3-5)4-6/h3-4H2,1-2H3. The molecule has 0 bridgehead atoms. The van der Waals surface area contributed by atoms with E-state index in [1.807, 2.05) is 0 Å². The molecule has 0 aliphatic heterocycles. The second kappa shape index (κ2) is 2.95. The minimum absolute atomic E-state index is 0.774. The first kappa shape index (κ1) is 7.80. The van der Waals surface area contributed by atoms with E-state index >= 15 is 0 Å². The molecule has 7 heavy (non-hydrogen) atoms. The maximum absolute atomic E-state index is 5.57. The molecule has 0 saturated heterocycles. The fourth-order valence-corrected chi connectivity index (χ4v) is 0.964. The average Bonchev–Trinajstić information content (AvgIpc) is 1.68. The van der Waals surface area contributed by atoms with Gasteiger partial charge in [0.15, 0.2) is 0 Å². The molecule has 0 aromatic heterocycles. The Morgan fingerprint density at radius 1 is 1.14 bits per heavy atom. The molecule has 0 fully saturated rings. The van der Waals surface area contributed by atoms with Gasteiger partial charge in [-0.3, -0.25) is 0 Å². The van der Waals surface area contributed by atoms with E-state index in [9.17, 15) is 0 Å². The van der Waals surface area contributed by atoms with Gasteiger partial charge in [0.05, 0.1) is 8.07 Å². The van der Waals surface area contributed by atoms with E-state index in [1.54, 1.807) is 0 Å². The summed E-state index contributed by atoms with van der Waals surface area (Å²) in [7, 11) is -1.12. The topological polar surface area (TPSA) is 0 Å². The number of rotatable bonds is 2. The van der Waals surface area contributed by atoms with Crippen LogP contribution in [0.15, 0.2) is 0 Å². The van der Waals surface area contributed by atoms with Gasteiger partial charge in [-0.15, -0.1) is 23.2 Å². The lowest BCUT2D eigenvalue weighted by Crippen LogP contribution is -2.30. The van der Waals surface area contributed by atoms with Crippen molar-refractivity contribution in [2.24, 2.45) is 0 Å². The van der Waals surface area contributed by atoms with Crippen molar-refractivity contribution in [2.75, 3.05) is 11.0 Å². The van der Waals surface area contributed by atoms with Gasteiger partial charge in [-0.2, -0.15) is 0 Å². The molecule has 0 unspecified atom stereocenters. The summed E-state index contributed by atoms with van der Waals surface area (Å²) in [4.78, 5) is 0. The minimum atomic E-state index is -1.12. The lowest BCUT2D eigenvalue weighted by atomic mass is 11.7. The molecule has 3 heteroatoms. The lowest BCUT2D eigenvalue weighted by molar-refractivity contribution is 1.63. The van der Waals surface area contributed by atoms with Crippen molar-refractivity contribution in [3.63, 3.8) is 0 Å². The fourth-order valence-electron chi connectivity index (χ4n) is 0.0357. The molecule has 0 saturated carbocycles. The molecule has 0 radical (unpaired) electrons. The van der Waals surface area contributed by atoms with Crippen molar-refractivity contribution >= 4 is 31.3 Å². The van der Waals surface area contributed by atoms with Crippen LogP contribution in [-0.4, -0.2) is 19.1 Å². The van der Waals surface area contributed by atoms with Crippen LogP contribution < -0.4 is 0 Å². The van der Waals surface area contributed by atoms with Gasteiger partial charge in [0.1, 0.15) is 0 Å². The summed E-state index contributed by atoms with van der Waals surface area (Å²) in [6.07, 6.45) is 0. The monoisotopic (exact) mass is 156 g/mol. The molecule has 0 nitrogen and oxygen atoms in total. The summed E-state index contributed by atoms with van der Waals surface area (Å²) in [6.45, 7) is 4.35. The van der Waals surface area contributed by atoms with Crippen LogP contribution in [0.3, 0.4) is 0 Å². The largest absolute Gasteiger partial charge is 0.130 e. The van der Waals surface area contributed by atoms with E-state index in [-0.39, 0.29) is 0 Å². The quantitative estimate of drug-likeness (QED) is 0.426. The molecule has 0 N–H and O–H groups in total. The van der Waals surface area contributed by atoms with Crippen LogP contribution in [0.4, 0.5) is 0 Å². The van der Waals surface area contributed by atoms with Gasteiger partial charge in [0, 0.05) is 11.0 Å². The highest BCUT2D eigenvalue weighted by Crippen LogP contribution is 2.05. The predicted molar refractivity (Wildman–Crippen MR) is 38.9 cm³/mol. The fraction of sp³-hybridized carbons (Fsp3) is 1.00. The molecule has 0 heterocycles. The van der Waals surface area contributed by atoms with Crippen molar-refractivity contribution in [3.05, 3.63) is 0 Å². The van der Waals surface area contributed by atoms with Crippen molar-refractivity contribution in [1.82, 2.24) is 0 Å². The smallest absolute Gasteiger partial charge is 0.0800 e. The molecule has 0 atom stereocenters. The molecule has 0 rings (SSSR count). The highest BCUT2D eigenvalue weighted by atomic mass is 35.5. The zero-order valence-electron chi connectivity index (χ0n) is 4.67. The van der Waals surface area contributed by atoms with Gasteiger partial charge in [0.25, 0.3) is 0 Å². The van der Waals surface area contributed by atoms with Crippen molar-refractivity contribution in [3.8, 4) is 0 Å². The number of halogens is 2. The Labute approximate surface area is 55.8 Å². The van der Waals surface area contributed by atoms with Crippen molar-refractivity contribution in [1.29, 1.82) is 0 Å². The zero-order valence-corrected chi connectivity index (χ0v) is 7.18. The van der Waals surface area contributed by atoms with Crippen LogP contribution >= 0.6 is 23.2 Å². The summed E-state index contributed by atoms with van der Waals surface area (Å²) >= 11 is 11.1. The Morgan fingerprint density at radius 2 is 1.43 bits per heavy atom. The van der Waals surface area contributed by atoms with Crippen LogP contribution in [0.25, 0.3) is 0 Å². The van der Waals surface area contributed by atoms with Gasteiger partial charge in [-0.1, -0.05) is 13.1 Å². The summed E-state index contributed by atoms with van der Waals surface area (Å²) in [5, 5.41) is 0.